The summed E-state index contributed by atoms with van der Waals surface area (Å²) in [4.78, 5) is 34.6. The molecule has 2 saturated heterocycles. The quantitative estimate of drug-likeness (QED) is 0.134. The lowest BCUT2D eigenvalue weighted by Crippen LogP contribution is -2.65. The summed E-state index contributed by atoms with van der Waals surface area (Å²) in [5, 5.41) is 30.4. The zero-order chi connectivity index (χ0) is 62.5. The Labute approximate surface area is 526 Å². The van der Waals surface area contributed by atoms with Crippen molar-refractivity contribution in [3.63, 3.8) is 0 Å². The summed E-state index contributed by atoms with van der Waals surface area (Å²) in [5.74, 6) is 9.22. The van der Waals surface area contributed by atoms with Crippen LogP contribution in [-0.2, 0) is 19.9 Å². The lowest BCUT2D eigenvalue weighted by molar-refractivity contribution is -0.294. The van der Waals surface area contributed by atoms with Crippen LogP contribution < -0.4 is 0 Å². The smallest absolute Gasteiger partial charge is 0.410 e. The highest BCUT2D eigenvalue weighted by atomic mass is 16.6. The molecular weight excluding hydrogens is 1060 g/mol. The molecule has 0 aromatic heterocycles. The molecule has 2 amide bonds. The number of hydrogen-bond donors (Lipinski definition) is 0. The molecule has 10 heteroatoms. The number of nitrogens with zero attached hydrogens (tertiary/aromatic N) is 4. The maximum absolute atomic E-state index is 15.4. The Balaban J connectivity index is 0.847. The van der Waals surface area contributed by atoms with E-state index in [0.717, 1.165) is 111 Å². The highest BCUT2D eigenvalue weighted by molar-refractivity contribution is 5.70. The molecule has 8 aliphatic carbocycles. The Morgan fingerprint density at radius 2 is 0.826 bits per heavy atom. The van der Waals surface area contributed by atoms with Gasteiger partial charge in [0.2, 0.25) is 0 Å². The topological polar surface area (TPSA) is 105 Å². The number of hydroxylamine groups is 4. The summed E-state index contributed by atoms with van der Waals surface area (Å²) in [5.41, 5.74) is 1.26. The molecule has 10 rings (SSSR count). The van der Waals surface area contributed by atoms with E-state index in [1.807, 2.05) is 65.2 Å². The van der Waals surface area contributed by atoms with Crippen molar-refractivity contribution in [2.75, 3.05) is 13.1 Å². The molecule has 6 saturated carbocycles. The third-order valence-corrected chi connectivity index (χ3v) is 28.1. The summed E-state index contributed by atoms with van der Waals surface area (Å²) in [6.07, 6.45) is 32.7. The van der Waals surface area contributed by atoms with Crippen LogP contribution in [0, 0.1) is 92.7 Å². The van der Waals surface area contributed by atoms with Crippen molar-refractivity contribution in [3.05, 3.63) is 23.3 Å². The van der Waals surface area contributed by atoms with E-state index in [2.05, 4.69) is 81.4 Å². The van der Waals surface area contributed by atoms with E-state index in [1.54, 1.807) is 0 Å². The number of hydrogen-bond acceptors (Lipinski definition) is 6. The summed E-state index contributed by atoms with van der Waals surface area (Å²) >= 11 is 0. The monoisotopic (exact) mass is 1190 g/mol. The fourth-order valence-electron chi connectivity index (χ4n) is 23.8. The molecule has 16 atom stereocenters. The number of carbonyl (C=O) groups excluding carboxylic acids is 2. The molecule has 0 N–H and O–H groups in total. The van der Waals surface area contributed by atoms with Gasteiger partial charge in [0.25, 0.3) is 0 Å². The number of piperidine rings is 2. The molecule has 0 spiro atoms. The van der Waals surface area contributed by atoms with Gasteiger partial charge in [-0.2, -0.15) is 0 Å². The van der Waals surface area contributed by atoms with E-state index in [9.17, 15) is 10.4 Å². The predicted molar refractivity (Wildman–Crippen MR) is 347 cm³/mol. The van der Waals surface area contributed by atoms with Crippen LogP contribution in [0.2, 0.25) is 0 Å². The van der Waals surface area contributed by atoms with Crippen molar-refractivity contribution in [1.29, 1.82) is 0 Å². The van der Waals surface area contributed by atoms with Gasteiger partial charge in [0.15, 0.2) is 0 Å². The Hall–Kier alpha value is -2.14. The first kappa shape index (κ1) is 66.8. The SMILES string of the molecule is CC(C)CCC[C@@H](C)[C@H]1CC[C@H]2[C@@H]3CC=C4CC(OC(=O)N(CCN(C(=O)OC5CC[C@@]6(C)C(=CC[C@H]7[C@@H]8CC[C@H]([C@H](C)CCCC(C)C)[C@@]8(C)CC[C@@H]76)C5)C5CC(C)(C)N([O])C(C)(C)C5)C5CC(C)(C)N([O])C(C)(C)C5)CC[C@]4(C)[C@H]3CC[C@]12C. The van der Waals surface area contributed by atoms with Crippen LogP contribution in [0.3, 0.4) is 0 Å². The number of allylic oxidation sites excluding steroid dienone is 2. The molecule has 10 nitrogen and oxygen atoms in total. The molecule has 0 aromatic carbocycles. The van der Waals surface area contributed by atoms with Crippen LogP contribution >= 0.6 is 0 Å². The predicted octanol–water partition coefficient (Wildman–Crippen LogP) is 19.4. The van der Waals surface area contributed by atoms with E-state index < -0.39 is 22.2 Å². The average molecular weight is 1190 g/mol. The van der Waals surface area contributed by atoms with Crippen molar-refractivity contribution >= 4 is 12.2 Å². The van der Waals surface area contributed by atoms with Gasteiger partial charge in [-0.15, -0.1) is 20.5 Å². The first-order valence-corrected chi connectivity index (χ1v) is 36.4. The Bertz CT molecular complexity index is 2260. The van der Waals surface area contributed by atoms with Gasteiger partial charge in [0.1, 0.15) is 12.2 Å². The molecule has 0 aromatic rings. The number of carbonyl (C=O) groups is 2. The number of fused-ring (bicyclic) bond motifs is 10. The number of rotatable bonds is 17. The minimum atomic E-state index is -0.721. The first-order chi connectivity index (χ1) is 40.1. The molecule has 2 aliphatic heterocycles. The molecule has 8 fully saturated rings. The number of amides is 2. The minimum absolute atomic E-state index is 0.126. The lowest BCUT2D eigenvalue weighted by atomic mass is 9.47. The van der Waals surface area contributed by atoms with Gasteiger partial charge in [0, 0.05) is 60.2 Å². The normalized spacial score (nSPS) is 40.0. The van der Waals surface area contributed by atoms with Gasteiger partial charge in [-0.05, 0) is 264 Å². The second kappa shape index (κ2) is 24.7. The highest BCUT2D eigenvalue weighted by Gasteiger charge is 2.62. The van der Waals surface area contributed by atoms with Crippen molar-refractivity contribution in [1.82, 2.24) is 19.9 Å². The third-order valence-electron chi connectivity index (χ3n) is 28.1. The maximum Gasteiger partial charge on any atom is 0.410 e. The Morgan fingerprint density at radius 3 is 1.16 bits per heavy atom. The van der Waals surface area contributed by atoms with Gasteiger partial charge in [-0.3, -0.25) is 0 Å². The molecule has 488 valence electrons. The van der Waals surface area contributed by atoms with Gasteiger partial charge >= 0.3 is 12.2 Å². The van der Waals surface area contributed by atoms with E-state index in [-0.39, 0.29) is 60.4 Å². The standard InChI is InChI=1S/C76H128N4O6/c1-49(2)21-19-23-51(5)61-29-31-63-59-27-25-53-43-57(33-37-73(53,15)65(59)35-39-75(61,63)17)85-67(81)77(55-45-69(7,8)79(83)70(9,10)46-55)41-42-78(56-47-71(11,12)80(84)72(13,14)48-56)68(82)86-58-34-38-74(16)54(44-58)26-28-60-64-32-30-62(52(6)24-20-22-50(3)4)76(64,18)40-36-66(60)74/h25-26,49-52,55-66H,19-24,27-48H2,1-18H3/t51-,52-,57?,58?,59+,60+,61-,62-,63+,64+,65+,66+,73+,74+,75-,76-/m1/s1. The maximum atomic E-state index is 15.4. The van der Waals surface area contributed by atoms with Crippen molar-refractivity contribution in [2.24, 2.45) is 92.7 Å². The molecule has 2 heterocycles. The van der Waals surface area contributed by atoms with Gasteiger partial charge in [-0.1, -0.05) is 131 Å². The summed E-state index contributed by atoms with van der Waals surface area (Å²) < 4.78 is 13.7. The molecule has 86 heavy (non-hydrogen) atoms. The van der Waals surface area contributed by atoms with Crippen molar-refractivity contribution in [2.45, 2.75) is 338 Å². The molecule has 10 aliphatic rings. The third kappa shape index (κ3) is 12.5. The van der Waals surface area contributed by atoms with E-state index in [4.69, 9.17) is 9.47 Å². The lowest BCUT2D eigenvalue weighted by Gasteiger charge is -2.58. The van der Waals surface area contributed by atoms with Crippen molar-refractivity contribution in [3.8, 4) is 0 Å². The summed E-state index contributed by atoms with van der Waals surface area (Å²) in [7, 11) is 0. The minimum Gasteiger partial charge on any atom is -0.446 e. The van der Waals surface area contributed by atoms with Crippen LogP contribution in [0.1, 0.15) is 292 Å². The summed E-state index contributed by atoms with van der Waals surface area (Å²) in [6.45, 7) is 41.7. The van der Waals surface area contributed by atoms with Crippen LogP contribution in [0.15, 0.2) is 23.3 Å². The average Bonchev–Trinajstić information content (AvgIpc) is 1.38. The van der Waals surface area contributed by atoms with E-state index in [0.29, 0.717) is 48.3 Å². The fraction of sp³-hybridized carbons (Fsp3) is 0.921. The fourth-order valence-corrected chi connectivity index (χ4v) is 23.8. The second-order valence-corrected chi connectivity index (χ2v) is 36.4. The number of ether oxygens (including phenoxy) is 2. The van der Waals surface area contributed by atoms with Gasteiger partial charge < -0.3 is 19.3 Å². The zero-order valence-electron chi connectivity index (χ0n) is 58.4. The molecule has 0 bridgehead atoms. The van der Waals surface area contributed by atoms with Crippen LogP contribution in [0.5, 0.6) is 0 Å². The van der Waals surface area contributed by atoms with Crippen LogP contribution in [0.25, 0.3) is 0 Å². The Kier molecular flexibility index (Phi) is 19.2. The van der Waals surface area contributed by atoms with E-state index >= 15 is 9.59 Å². The summed E-state index contributed by atoms with van der Waals surface area (Å²) in [6, 6.07) is -0.548. The second-order valence-electron chi connectivity index (χ2n) is 36.4. The molecular formula is C76H128N4O6. The van der Waals surface area contributed by atoms with Gasteiger partial charge in [0.05, 0.1) is 0 Å². The van der Waals surface area contributed by atoms with Gasteiger partial charge in [-0.25, -0.2) is 9.59 Å². The Morgan fingerprint density at radius 1 is 0.477 bits per heavy atom. The highest BCUT2D eigenvalue weighted by Crippen LogP contribution is 2.69. The van der Waals surface area contributed by atoms with Crippen molar-refractivity contribution < 1.29 is 29.5 Å². The zero-order valence-corrected chi connectivity index (χ0v) is 58.4. The van der Waals surface area contributed by atoms with E-state index in [1.165, 1.54) is 111 Å². The van der Waals surface area contributed by atoms with Crippen LogP contribution in [-0.4, -0.2) is 91.6 Å². The molecule has 2 unspecified atom stereocenters. The largest absolute Gasteiger partial charge is 0.446 e. The molecule has 2 radical (unpaired) electrons. The first-order valence-electron chi connectivity index (χ1n) is 36.4. The van der Waals surface area contributed by atoms with Crippen LogP contribution in [0.4, 0.5) is 9.59 Å².